The van der Waals surface area contributed by atoms with E-state index in [1.54, 1.807) is 18.2 Å². The maximum absolute atomic E-state index is 12.2. The van der Waals surface area contributed by atoms with Gasteiger partial charge in [-0.25, -0.2) is 8.42 Å². The number of sulfone groups is 1. The Labute approximate surface area is 147 Å². The van der Waals surface area contributed by atoms with E-state index in [0.717, 1.165) is 19.2 Å². The fourth-order valence-corrected chi connectivity index (χ4v) is 2.70. The van der Waals surface area contributed by atoms with Gasteiger partial charge in [-0.1, -0.05) is 11.6 Å². The summed E-state index contributed by atoms with van der Waals surface area (Å²) in [5, 5.41) is 6.40. The Hall–Kier alpha value is -1.02. The zero-order valence-corrected chi connectivity index (χ0v) is 15.1. The van der Waals surface area contributed by atoms with Crippen molar-refractivity contribution < 1.29 is 17.9 Å². The van der Waals surface area contributed by atoms with E-state index in [9.17, 15) is 13.2 Å². The molecule has 1 heterocycles. The number of carbonyl (C=O) groups excluding carboxylic acids is 1. The Morgan fingerprint density at radius 3 is 2.83 bits per heavy atom. The predicted molar refractivity (Wildman–Crippen MR) is 93.5 cm³/mol. The van der Waals surface area contributed by atoms with E-state index in [1.807, 2.05) is 0 Å². The molecule has 1 saturated heterocycles. The number of amides is 1. The van der Waals surface area contributed by atoms with Gasteiger partial charge in [-0.15, -0.1) is 12.4 Å². The highest BCUT2D eigenvalue weighted by molar-refractivity contribution is 7.90. The van der Waals surface area contributed by atoms with Gasteiger partial charge in [0, 0.05) is 17.8 Å². The molecular weight excluding hydrogens is 363 g/mol. The monoisotopic (exact) mass is 382 g/mol. The fourth-order valence-electron chi connectivity index (χ4n) is 2.14. The van der Waals surface area contributed by atoms with Gasteiger partial charge in [-0.05, 0) is 31.2 Å². The molecule has 1 unspecified atom stereocenters. The number of rotatable bonds is 6. The van der Waals surface area contributed by atoms with Crippen LogP contribution in [0.2, 0.25) is 5.02 Å². The molecule has 2 N–H and O–H groups in total. The minimum Gasteiger partial charge on any atom is -0.490 e. The van der Waals surface area contributed by atoms with Crippen LogP contribution in [0.25, 0.3) is 0 Å². The fraction of sp³-hybridized carbons (Fsp3) is 0.500. The third-order valence-electron chi connectivity index (χ3n) is 3.34. The molecule has 0 radical (unpaired) electrons. The van der Waals surface area contributed by atoms with Gasteiger partial charge in [0.2, 0.25) is 5.91 Å². The summed E-state index contributed by atoms with van der Waals surface area (Å²) in [6, 6.07) is 4.84. The number of hydrogen-bond donors (Lipinski definition) is 2. The van der Waals surface area contributed by atoms with Crippen LogP contribution < -0.4 is 15.4 Å². The lowest BCUT2D eigenvalue weighted by atomic mass is 10.1. The van der Waals surface area contributed by atoms with Crippen molar-refractivity contribution in [3.8, 4) is 5.75 Å². The topological polar surface area (TPSA) is 84.5 Å². The minimum atomic E-state index is -3.10. The lowest BCUT2D eigenvalue weighted by molar-refractivity contribution is -0.119. The van der Waals surface area contributed by atoms with Crippen molar-refractivity contribution in [2.75, 3.05) is 37.0 Å². The summed E-state index contributed by atoms with van der Waals surface area (Å²) in [6.45, 7) is 1.50. The Morgan fingerprint density at radius 2 is 2.22 bits per heavy atom. The number of benzene rings is 1. The molecule has 1 aromatic carbocycles. The molecule has 0 saturated carbocycles. The zero-order chi connectivity index (χ0) is 16.2. The number of carbonyl (C=O) groups is 1. The van der Waals surface area contributed by atoms with Gasteiger partial charge >= 0.3 is 0 Å². The first-order chi connectivity index (χ1) is 10.3. The van der Waals surface area contributed by atoms with Crippen molar-refractivity contribution in [1.82, 2.24) is 5.32 Å². The van der Waals surface area contributed by atoms with Crippen molar-refractivity contribution in [3.63, 3.8) is 0 Å². The second kappa shape index (κ2) is 8.73. The second-order valence-electron chi connectivity index (χ2n) is 5.30. The highest BCUT2D eigenvalue weighted by Crippen LogP contribution is 2.29. The van der Waals surface area contributed by atoms with Crippen molar-refractivity contribution in [1.29, 1.82) is 0 Å². The van der Waals surface area contributed by atoms with E-state index in [0.29, 0.717) is 23.0 Å². The van der Waals surface area contributed by atoms with E-state index in [1.165, 1.54) is 0 Å². The average molecular weight is 383 g/mol. The number of halogens is 2. The molecular formula is C14H20Cl2N2O4S. The molecule has 9 heteroatoms. The SMILES string of the molecule is CS(=O)(=O)CCOc1ccc(Cl)cc1NC(=O)C1CCNC1.Cl. The number of hydrogen-bond acceptors (Lipinski definition) is 5. The first-order valence-corrected chi connectivity index (χ1v) is 9.40. The third-order valence-corrected chi connectivity index (χ3v) is 4.49. The third kappa shape index (κ3) is 6.55. The molecule has 6 nitrogen and oxygen atoms in total. The Balaban J connectivity index is 0.00000264. The molecule has 1 fully saturated rings. The number of nitrogens with one attached hydrogen (secondary N) is 2. The van der Waals surface area contributed by atoms with Gasteiger partial charge in [0.05, 0.1) is 17.4 Å². The van der Waals surface area contributed by atoms with E-state index >= 15 is 0 Å². The van der Waals surface area contributed by atoms with E-state index in [2.05, 4.69) is 10.6 Å². The van der Waals surface area contributed by atoms with Gasteiger partial charge in [0.1, 0.15) is 12.4 Å². The standard InChI is InChI=1S/C14H19ClN2O4S.ClH/c1-22(19,20)7-6-21-13-3-2-11(15)8-12(13)17-14(18)10-4-5-16-9-10;/h2-3,8,10,16H,4-7,9H2,1H3,(H,17,18);1H. The summed E-state index contributed by atoms with van der Waals surface area (Å²) in [4.78, 5) is 12.2. The van der Waals surface area contributed by atoms with Gasteiger partial charge in [0.25, 0.3) is 0 Å². The molecule has 1 amide bonds. The molecule has 2 rings (SSSR count). The molecule has 0 spiro atoms. The van der Waals surface area contributed by atoms with Crippen LogP contribution in [0, 0.1) is 5.92 Å². The van der Waals surface area contributed by atoms with Crippen molar-refractivity contribution in [2.45, 2.75) is 6.42 Å². The van der Waals surface area contributed by atoms with Crippen LogP contribution in [0.4, 0.5) is 5.69 Å². The highest BCUT2D eigenvalue weighted by atomic mass is 35.5. The van der Waals surface area contributed by atoms with Crippen LogP contribution in [-0.4, -0.2) is 46.0 Å². The normalized spacial score (nSPS) is 17.4. The van der Waals surface area contributed by atoms with Crippen LogP contribution in [0.3, 0.4) is 0 Å². The lowest BCUT2D eigenvalue weighted by Crippen LogP contribution is -2.25. The maximum atomic E-state index is 12.2. The van der Waals surface area contributed by atoms with Crippen LogP contribution in [0.5, 0.6) is 5.75 Å². The number of ether oxygens (including phenoxy) is 1. The van der Waals surface area contributed by atoms with E-state index in [4.69, 9.17) is 16.3 Å². The van der Waals surface area contributed by atoms with Crippen molar-refractivity contribution in [3.05, 3.63) is 23.2 Å². The quantitative estimate of drug-likeness (QED) is 0.782. The van der Waals surface area contributed by atoms with Gasteiger partial charge in [-0.3, -0.25) is 4.79 Å². The largest absolute Gasteiger partial charge is 0.490 e. The highest BCUT2D eigenvalue weighted by Gasteiger charge is 2.23. The molecule has 0 aromatic heterocycles. The predicted octanol–water partition coefficient (Wildman–Crippen LogP) is 1.73. The Bertz CT molecular complexity index is 646. The molecule has 23 heavy (non-hydrogen) atoms. The Kier molecular flexibility index (Phi) is 7.60. The van der Waals surface area contributed by atoms with Gasteiger partial charge < -0.3 is 15.4 Å². The average Bonchev–Trinajstić information content (AvgIpc) is 2.94. The summed E-state index contributed by atoms with van der Waals surface area (Å²) in [7, 11) is -3.10. The number of anilines is 1. The summed E-state index contributed by atoms with van der Waals surface area (Å²) in [5.74, 6) is 0.144. The minimum absolute atomic E-state index is 0. The van der Waals surface area contributed by atoms with Gasteiger partial charge in [-0.2, -0.15) is 0 Å². The van der Waals surface area contributed by atoms with E-state index in [-0.39, 0.29) is 36.6 Å². The Morgan fingerprint density at radius 1 is 1.48 bits per heavy atom. The molecule has 0 aliphatic carbocycles. The molecule has 1 atom stereocenters. The molecule has 1 aliphatic heterocycles. The first-order valence-electron chi connectivity index (χ1n) is 6.97. The summed E-state index contributed by atoms with van der Waals surface area (Å²) in [6.07, 6.45) is 1.94. The summed E-state index contributed by atoms with van der Waals surface area (Å²) >= 11 is 5.95. The maximum Gasteiger partial charge on any atom is 0.228 e. The van der Waals surface area contributed by atoms with Crippen molar-refractivity contribution in [2.24, 2.45) is 5.92 Å². The molecule has 1 aliphatic rings. The lowest BCUT2D eigenvalue weighted by Gasteiger charge is -2.15. The summed E-state index contributed by atoms with van der Waals surface area (Å²) in [5.41, 5.74) is 0.456. The van der Waals surface area contributed by atoms with Crippen LogP contribution >= 0.6 is 24.0 Å². The van der Waals surface area contributed by atoms with Gasteiger partial charge in [0.15, 0.2) is 9.84 Å². The first kappa shape index (κ1) is 20.0. The van der Waals surface area contributed by atoms with Crippen LogP contribution in [-0.2, 0) is 14.6 Å². The summed E-state index contributed by atoms with van der Waals surface area (Å²) < 4.78 is 27.7. The van der Waals surface area contributed by atoms with Crippen LogP contribution in [0.1, 0.15) is 6.42 Å². The molecule has 1 aromatic rings. The zero-order valence-electron chi connectivity index (χ0n) is 12.7. The van der Waals surface area contributed by atoms with Crippen LogP contribution in [0.15, 0.2) is 18.2 Å². The van der Waals surface area contributed by atoms with Crippen molar-refractivity contribution >= 4 is 45.4 Å². The second-order valence-corrected chi connectivity index (χ2v) is 7.99. The van der Waals surface area contributed by atoms with E-state index < -0.39 is 9.84 Å². The molecule has 130 valence electrons. The molecule has 0 bridgehead atoms. The smallest absolute Gasteiger partial charge is 0.228 e.